The molecular formula is C12H19ClN4O. The van der Waals surface area contributed by atoms with Gasteiger partial charge in [-0.3, -0.25) is 4.68 Å². The van der Waals surface area contributed by atoms with Crippen LogP contribution >= 0.6 is 11.6 Å². The van der Waals surface area contributed by atoms with E-state index in [4.69, 9.17) is 16.3 Å². The molecule has 0 aromatic carbocycles. The maximum absolute atomic E-state index is 6.23. The summed E-state index contributed by atoms with van der Waals surface area (Å²) < 4.78 is 9.21. The number of hydrogen-bond donors (Lipinski definition) is 0. The Bertz CT molecular complexity index is 558. The standard InChI is InChI=1S/C12H19ClN4O/c1-7(6-18-5)17-11(8(2)13)14-10-9(3)15-16(4)12(10)17/h7-8H,6H2,1-5H3. The van der Waals surface area contributed by atoms with Gasteiger partial charge in [-0.2, -0.15) is 5.10 Å². The molecule has 2 unspecified atom stereocenters. The lowest BCUT2D eigenvalue weighted by atomic mass is 10.3. The van der Waals surface area contributed by atoms with Crippen LogP contribution in [0.5, 0.6) is 0 Å². The predicted octanol–water partition coefficient (Wildman–Crippen LogP) is 2.59. The van der Waals surface area contributed by atoms with E-state index >= 15 is 0 Å². The fourth-order valence-electron chi connectivity index (χ4n) is 2.34. The molecule has 0 aliphatic carbocycles. The molecule has 100 valence electrons. The molecular weight excluding hydrogens is 252 g/mol. The Balaban J connectivity index is 2.68. The summed E-state index contributed by atoms with van der Waals surface area (Å²) in [7, 11) is 3.62. The maximum Gasteiger partial charge on any atom is 0.159 e. The molecule has 0 spiro atoms. The zero-order valence-corrected chi connectivity index (χ0v) is 12.2. The van der Waals surface area contributed by atoms with E-state index in [1.54, 1.807) is 7.11 Å². The summed E-state index contributed by atoms with van der Waals surface area (Å²) >= 11 is 6.23. The van der Waals surface area contributed by atoms with Gasteiger partial charge in [-0.25, -0.2) is 4.98 Å². The van der Waals surface area contributed by atoms with E-state index in [1.165, 1.54) is 0 Å². The molecule has 2 heterocycles. The molecule has 0 saturated carbocycles. The summed E-state index contributed by atoms with van der Waals surface area (Å²) in [5.41, 5.74) is 2.84. The molecule has 18 heavy (non-hydrogen) atoms. The van der Waals surface area contributed by atoms with Crippen LogP contribution in [-0.2, 0) is 11.8 Å². The molecule has 0 amide bonds. The zero-order chi connectivity index (χ0) is 13.4. The van der Waals surface area contributed by atoms with Gasteiger partial charge in [-0.05, 0) is 20.8 Å². The van der Waals surface area contributed by atoms with Gasteiger partial charge in [0, 0.05) is 14.2 Å². The maximum atomic E-state index is 6.23. The van der Waals surface area contributed by atoms with Gasteiger partial charge in [0.2, 0.25) is 0 Å². The Morgan fingerprint density at radius 3 is 2.61 bits per heavy atom. The highest BCUT2D eigenvalue weighted by Crippen LogP contribution is 2.29. The number of halogens is 1. The summed E-state index contributed by atoms with van der Waals surface area (Å²) in [5.74, 6) is 0.868. The van der Waals surface area contributed by atoms with Crippen LogP contribution in [0.1, 0.15) is 36.8 Å². The molecule has 0 radical (unpaired) electrons. The number of hydrogen-bond acceptors (Lipinski definition) is 3. The molecule has 2 aromatic rings. The first-order valence-corrected chi connectivity index (χ1v) is 6.45. The van der Waals surface area contributed by atoms with Crippen molar-refractivity contribution >= 4 is 22.8 Å². The second kappa shape index (κ2) is 4.90. The van der Waals surface area contributed by atoms with Crippen LogP contribution < -0.4 is 0 Å². The molecule has 0 bridgehead atoms. The van der Waals surface area contributed by atoms with Crippen LogP contribution in [0.4, 0.5) is 0 Å². The Morgan fingerprint density at radius 2 is 2.06 bits per heavy atom. The Labute approximate surface area is 112 Å². The fourth-order valence-corrected chi connectivity index (χ4v) is 2.50. The van der Waals surface area contributed by atoms with Gasteiger partial charge in [-0.15, -0.1) is 11.6 Å². The number of methoxy groups -OCH3 is 1. The van der Waals surface area contributed by atoms with E-state index in [9.17, 15) is 0 Å². The van der Waals surface area contributed by atoms with E-state index < -0.39 is 0 Å². The number of aryl methyl sites for hydroxylation is 2. The van der Waals surface area contributed by atoms with Crippen LogP contribution in [0.25, 0.3) is 11.2 Å². The van der Waals surface area contributed by atoms with Crippen LogP contribution in [0, 0.1) is 6.92 Å². The van der Waals surface area contributed by atoms with E-state index in [2.05, 4.69) is 21.6 Å². The van der Waals surface area contributed by atoms with Crippen LogP contribution in [0.15, 0.2) is 0 Å². The van der Waals surface area contributed by atoms with Crippen molar-refractivity contribution in [2.24, 2.45) is 7.05 Å². The van der Waals surface area contributed by atoms with E-state index in [1.807, 2.05) is 25.6 Å². The third-order valence-electron chi connectivity index (χ3n) is 3.07. The number of nitrogens with zero attached hydrogens (tertiary/aromatic N) is 4. The van der Waals surface area contributed by atoms with Crippen molar-refractivity contribution in [1.29, 1.82) is 0 Å². The van der Waals surface area contributed by atoms with Gasteiger partial charge >= 0.3 is 0 Å². The monoisotopic (exact) mass is 270 g/mol. The highest BCUT2D eigenvalue weighted by molar-refractivity contribution is 6.20. The lowest BCUT2D eigenvalue weighted by molar-refractivity contribution is 0.162. The van der Waals surface area contributed by atoms with Gasteiger partial charge in [0.15, 0.2) is 5.65 Å². The van der Waals surface area contributed by atoms with Gasteiger partial charge < -0.3 is 9.30 Å². The van der Waals surface area contributed by atoms with Crippen LogP contribution in [-0.4, -0.2) is 33.0 Å². The average molecular weight is 271 g/mol. The van der Waals surface area contributed by atoms with Gasteiger partial charge in [-0.1, -0.05) is 0 Å². The zero-order valence-electron chi connectivity index (χ0n) is 11.4. The second-order valence-electron chi connectivity index (χ2n) is 4.64. The highest BCUT2D eigenvalue weighted by Gasteiger charge is 2.23. The van der Waals surface area contributed by atoms with Crippen molar-refractivity contribution in [1.82, 2.24) is 19.3 Å². The van der Waals surface area contributed by atoms with Crippen LogP contribution in [0.3, 0.4) is 0 Å². The summed E-state index contributed by atoms with van der Waals surface area (Å²) in [6.07, 6.45) is 0. The minimum atomic E-state index is -0.142. The fraction of sp³-hybridized carbons (Fsp3) is 0.667. The van der Waals surface area contributed by atoms with E-state index in [-0.39, 0.29) is 11.4 Å². The number of alkyl halides is 1. The lowest BCUT2D eigenvalue weighted by Crippen LogP contribution is -2.16. The van der Waals surface area contributed by atoms with Gasteiger partial charge in [0.05, 0.1) is 23.7 Å². The van der Waals surface area contributed by atoms with Crippen molar-refractivity contribution in [2.45, 2.75) is 32.2 Å². The first-order chi connectivity index (χ1) is 8.47. The largest absolute Gasteiger partial charge is 0.383 e. The third kappa shape index (κ3) is 2.01. The van der Waals surface area contributed by atoms with Crippen molar-refractivity contribution in [3.63, 3.8) is 0 Å². The smallest absolute Gasteiger partial charge is 0.159 e. The van der Waals surface area contributed by atoms with E-state index in [0.717, 1.165) is 22.7 Å². The summed E-state index contributed by atoms with van der Waals surface area (Å²) in [6, 6.07) is 0.172. The number of ether oxygens (including phenoxy) is 1. The Hall–Kier alpha value is -1.07. The quantitative estimate of drug-likeness (QED) is 0.802. The Morgan fingerprint density at radius 1 is 1.39 bits per heavy atom. The molecule has 2 aromatic heterocycles. The highest BCUT2D eigenvalue weighted by atomic mass is 35.5. The van der Waals surface area contributed by atoms with Gasteiger partial charge in [0.25, 0.3) is 0 Å². The summed E-state index contributed by atoms with van der Waals surface area (Å²) in [4.78, 5) is 4.63. The Kier molecular flexibility index (Phi) is 3.64. The molecule has 0 aliphatic rings. The van der Waals surface area contributed by atoms with Crippen molar-refractivity contribution in [3.8, 4) is 0 Å². The van der Waals surface area contributed by atoms with Crippen molar-refractivity contribution in [3.05, 3.63) is 11.5 Å². The summed E-state index contributed by atoms with van der Waals surface area (Å²) in [6.45, 7) is 6.60. The summed E-state index contributed by atoms with van der Waals surface area (Å²) in [5, 5.41) is 4.26. The topological polar surface area (TPSA) is 44.9 Å². The van der Waals surface area contributed by atoms with Crippen molar-refractivity contribution < 1.29 is 4.74 Å². The number of rotatable bonds is 4. The third-order valence-corrected chi connectivity index (χ3v) is 3.26. The number of fused-ring (bicyclic) bond motifs is 1. The first kappa shape index (κ1) is 13.4. The second-order valence-corrected chi connectivity index (χ2v) is 5.30. The van der Waals surface area contributed by atoms with Crippen molar-refractivity contribution in [2.75, 3.05) is 13.7 Å². The minimum absolute atomic E-state index is 0.142. The van der Waals surface area contributed by atoms with Crippen LogP contribution in [0.2, 0.25) is 0 Å². The predicted molar refractivity (Wildman–Crippen MR) is 72.1 cm³/mol. The molecule has 5 nitrogen and oxygen atoms in total. The van der Waals surface area contributed by atoms with Gasteiger partial charge in [0.1, 0.15) is 11.3 Å². The molecule has 0 fully saturated rings. The molecule has 2 atom stereocenters. The molecule has 6 heteroatoms. The average Bonchev–Trinajstić information content (AvgIpc) is 2.79. The first-order valence-electron chi connectivity index (χ1n) is 6.01. The molecule has 0 saturated heterocycles. The number of imidazole rings is 1. The lowest BCUT2D eigenvalue weighted by Gasteiger charge is -2.17. The number of aromatic nitrogens is 4. The molecule has 2 rings (SSSR count). The normalized spacial score (nSPS) is 15.2. The minimum Gasteiger partial charge on any atom is -0.383 e. The van der Waals surface area contributed by atoms with E-state index in [0.29, 0.717) is 6.61 Å². The molecule has 0 aliphatic heterocycles. The molecule has 0 N–H and O–H groups in total. The SMILES string of the molecule is COCC(C)n1c(C(C)Cl)nc2c(C)nn(C)c21.